The summed E-state index contributed by atoms with van der Waals surface area (Å²) >= 11 is 0. The molecule has 0 aromatic rings. The van der Waals surface area contributed by atoms with Crippen LogP contribution in [0.2, 0.25) is 0 Å². The van der Waals surface area contributed by atoms with Gasteiger partial charge in [-0.15, -0.1) is 0 Å². The summed E-state index contributed by atoms with van der Waals surface area (Å²) in [4.78, 5) is 21.9. The first-order valence-electron chi connectivity index (χ1n) is 5.33. The predicted molar refractivity (Wildman–Crippen MR) is 59.8 cm³/mol. The topological polar surface area (TPSA) is 125 Å². The number of carbonyl (C=O) groups excluding carboxylic acids is 2. The van der Waals surface area contributed by atoms with Gasteiger partial charge in [0.2, 0.25) is 5.91 Å². The number of primary amides is 1. The van der Waals surface area contributed by atoms with E-state index >= 15 is 0 Å². The van der Waals surface area contributed by atoms with Gasteiger partial charge in [0, 0.05) is 0 Å². The van der Waals surface area contributed by atoms with E-state index in [9.17, 15) is 9.59 Å². The molecule has 17 heavy (non-hydrogen) atoms. The normalized spacial score (nSPS) is 16.0. The molecule has 0 rings (SSSR count). The second-order valence-corrected chi connectivity index (χ2v) is 3.85. The number of esters is 1. The molecule has 5 N–H and O–H groups in total. The molecule has 0 fully saturated rings. The van der Waals surface area contributed by atoms with Crippen molar-refractivity contribution in [2.24, 2.45) is 11.5 Å². The van der Waals surface area contributed by atoms with Crippen LogP contribution in [0.1, 0.15) is 20.3 Å². The van der Waals surface area contributed by atoms with Crippen LogP contribution in [0, 0.1) is 0 Å². The summed E-state index contributed by atoms with van der Waals surface area (Å²) < 4.78 is 10.1. The Kier molecular flexibility index (Phi) is 7.44. The summed E-state index contributed by atoms with van der Waals surface area (Å²) in [6.07, 6.45) is -1.08. The highest BCUT2D eigenvalue weighted by Crippen LogP contribution is 2.00. The van der Waals surface area contributed by atoms with E-state index in [1.165, 1.54) is 0 Å². The molecule has 7 nitrogen and oxygen atoms in total. The Morgan fingerprint density at radius 2 is 1.88 bits per heavy atom. The van der Waals surface area contributed by atoms with E-state index in [2.05, 4.69) is 0 Å². The van der Waals surface area contributed by atoms with Crippen LogP contribution in [0.15, 0.2) is 0 Å². The average molecular weight is 248 g/mol. The van der Waals surface area contributed by atoms with E-state index < -0.39 is 24.0 Å². The summed E-state index contributed by atoms with van der Waals surface area (Å²) in [6.45, 7) is 3.35. The fourth-order valence-electron chi connectivity index (χ4n) is 0.972. The van der Waals surface area contributed by atoms with Crippen LogP contribution in [-0.2, 0) is 19.1 Å². The first-order chi connectivity index (χ1) is 7.86. The highest BCUT2D eigenvalue weighted by Gasteiger charge is 2.20. The molecule has 0 spiro atoms. The van der Waals surface area contributed by atoms with Crippen molar-refractivity contribution < 1.29 is 24.2 Å². The first-order valence-corrected chi connectivity index (χ1v) is 5.33. The third-order valence-corrected chi connectivity index (χ3v) is 1.91. The van der Waals surface area contributed by atoms with E-state index in [4.69, 9.17) is 26.0 Å². The molecule has 0 aliphatic heterocycles. The van der Waals surface area contributed by atoms with Gasteiger partial charge in [-0.05, 0) is 13.8 Å². The maximum absolute atomic E-state index is 11.3. The van der Waals surface area contributed by atoms with Crippen LogP contribution in [0.25, 0.3) is 0 Å². The Morgan fingerprint density at radius 1 is 1.29 bits per heavy atom. The quantitative estimate of drug-likeness (QED) is 0.450. The molecule has 0 aromatic carbocycles. The van der Waals surface area contributed by atoms with Gasteiger partial charge in [-0.25, -0.2) is 0 Å². The lowest BCUT2D eigenvalue weighted by atomic mass is 10.2. The van der Waals surface area contributed by atoms with Gasteiger partial charge in [-0.3, -0.25) is 9.59 Å². The number of aliphatic hydroxyl groups is 1. The van der Waals surface area contributed by atoms with E-state index in [0.717, 1.165) is 0 Å². The predicted octanol–water partition coefficient (Wildman–Crippen LogP) is -1.48. The standard InChI is InChI=1S/C10H20N2O5/c1-6(4-13)16-5-7(2)17-10(15)8(11)3-9(12)14/h6-8,13H,3-5,11H2,1-2H3,(H2,12,14). The van der Waals surface area contributed by atoms with Gasteiger partial charge in [0.15, 0.2) is 0 Å². The fourth-order valence-corrected chi connectivity index (χ4v) is 0.972. The zero-order valence-electron chi connectivity index (χ0n) is 10.1. The highest BCUT2D eigenvalue weighted by atomic mass is 16.6. The lowest BCUT2D eigenvalue weighted by molar-refractivity contribution is -0.154. The molecule has 0 heterocycles. The zero-order valence-corrected chi connectivity index (χ0v) is 10.1. The summed E-state index contributed by atoms with van der Waals surface area (Å²) in [5, 5.41) is 8.71. The van der Waals surface area contributed by atoms with Crippen LogP contribution in [0.4, 0.5) is 0 Å². The van der Waals surface area contributed by atoms with Gasteiger partial charge >= 0.3 is 5.97 Å². The van der Waals surface area contributed by atoms with Gasteiger partial charge in [-0.1, -0.05) is 0 Å². The van der Waals surface area contributed by atoms with Gasteiger partial charge < -0.3 is 26.0 Å². The molecule has 1 amide bonds. The molecule has 7 heteroatoms. The molecule has 3 unspecified atom stereocenters. The van der Waals surface area contributed by atoms with Crippen LogP contribution < -0.4 is 11.5 Å². The van der Waals surface area contributed by atoms with E-state index in [-0.39, 0.29) is 25.7 Å². The van der Waals surface area contributed by atoms with Crippen molar-refractivity contribution in [1.82, 2.24) is 0 Å². The number of nitrogens with two attached hydrogens (primary N) is 2. The molecule has 0 bridgehead atoms. The molecule has 100 valence electrons. The number of aliphatic hydroxyl groups excluding tert-OH is 1. The monoisotopic (exact) mass is 248 g/mol. The van der Waals surface area contributed by atoms with E-state index in [1.54, 1.807) is 13.8 Å². The second-order valence-electron chi connectivity index (χ2n) is 3.85. The van der Waals surface area contributed by atoms with Gasteiger partial charge in [-0.2, -0.15) is 0 Å². The van der Waals surface area contributed by atoms with Gasteiger partial charge in [0.1, 0.15) is 12.1 Å². The van der Waals surface area contributed by atoms with Crippen molar-refractivity contribution in [2.45, 2.75) is 38.5 Å². The fraction of sp³-hybridized carbons (Fsp3) is 0.800. The third-order valence-electron chi connectivity index (χ3n) is 1.91. The third kappa shape index (κ3) is 7.67. The summed E-state index contributed by atoms with van der Waals surface area (Å²) in [5.74, 6) is -1.36. The summed E-state index contributed by atoms with van der Waals surface area (Å²) in [5.41, 5.74) is 10.3. The van der Waals surface area contributed by atoms with Crippen molar-refractivity contribution in [2.75, 3.05) is 13.2 Å². The SMILES string of the molecule is CC(CO)OCC(C)OC(=O)C(N)CC(N)=O. The smallest absolute Gasteiger partial charge is 0.323 e. The average Bonchev–Trinajstić information content (AvgIpc) is 2.24. The minimum atomic E-state index is -1.05. The lowest BCUT2D eigenvalue weighted by Crippen LogP contribution is -2.38. The van der Waals surface area contributed by atoms with Crippen molar-refractivity contribution in [3.8, 4) is 0 Å². The molecular weight excluding hydrogens is 228 g/mol. The van der Waals surface area contributed by atoms with E-state index in [0.29, 0.717) is 0 Å². The second kappa shape index (κ2) is 7.99. The minimum absolute atomic E-state index is 0.109. The van der Waals surface area contributed by atoms with Crippen LogP contribution in [-0.4, -0.2) is 48.4 Å². The van der Waals surface area contributed by atoms with Crippen molar-refractivity contribution in [3.63, 3.8) is 0 Å². The molecule has 3 atom stereocenters. The minimum Gasteiger partial charge on any atom is -0.459 e. The molecule has 0 aliphatic carbocycles. The molecule has 0 radical (unpaired) electrons. The Hall–Kier alpha value is -1.18. The maximum atomic E-state index is 11.3. The largest absolute Gasteiger partial charge is 0.459 e. The molecule has 0 saturated carbocycles. The van der Waals surface area contributed by atoms with Crippen LogP contribution in [0.3, 0.4) is 0 Å². The number of amides is 1. The number of hydrogen-bond donors (Lipinski definition) is 3. The van der Waals surface area contributed by atoms with E-state index in [1.807, 2.05) is 0 Å². The zero-order chi connectivity index (χ0) is 13.4. The van der Waals surface area contributed by atoms with Crippen molar-refractivity contribution in [3.05, 3.63) is 0 Å². The summed E-state index contributed by atoms with van der Waals surface area (Å²) in [7, 11) is 0. The Morgan fingerprint density at radius 3 is 2.35 bits per heavy atom. The lowest BCUT2D eigenvalue weighted by Gasteiger charge is -2.18. The Bertz CT molecular complexity index is 259. The molecule has 0 aliphatic rings. The van der Waals surface area contributed by atoms with Crippen molar-refractivity contribution in [1.29, 1.82) is 0 Å². The number of carbonyl (C=O) groups is 2. The number of rotatable bonds is 8. The summed E-state index contributed by atoms with van der Waals surface area (Å²) in [6, 6.07) is -1.05. The molecular formula is C10H20N2O5. The highest BCUT2D eigenvalue weighted by molar-refractivity contribution is 5.84. The first kappa shape index (κ1) is 15.8. The molecule has 0 aromatic heterocycles. The number of ether oxygens (including phenoxy) is 2. The Balaban J connectivity index is 3.90. The van der Waals surface area contributed by atoms with Crippen LogP contribution >= 0.6 is 0 Å². The van der Waals surface area contributed by atoms with Gasteiger partial charge in [0.25, 0.3) is 0 Å². The molecule has 0 saturated heterocycles. The van der Waals surface area contributed by atoms with Crippen molar-refractivity contribution >= 4 is 11.9 Å². The van der Waals surface area contributed by atoms with Crippen LogP contribution in [0.5, 0.6) is 0 Å². The maximum Gasteiger partial charge on any atom is 0.323 e. The number of hydrogen-bond acceptors (Lipinski definition) is 6. The Labute approximate surface area is 100 Å². The van der Waals surface area contributed by atoms with Gasteiger partial charge in [0.05, 0.1) is 25.7 Å².